The zero-order valence-corrected chi connectivity index (χ0v) is 22.2. The predicted molar refractivity (Wildman–Crippen MR) is 141 cm³/mol. The molecular weight excluding hydrogens is 473 g/mol. The van der Waals surface area contributed by atoms with E-state index in [0.717, 1.165) is 24.8 Å². The van der Waals surface area contributed by atoms with Gasteiger partial charge < -0.3 is 19.7 Å². The molecule has 0 spiro atoms. The minimum atomic E-state index is -0.258. The third-order valence-electron chi connectivity index (χ3n) is 7.62. The lowest BCUT2D eigenvalue weighted by molar-refractivity contribution is -0.122. The quantitative estimate of drug-likeness (QED) is 0.637. The number of hydrogen-bond acceptors (Lipinski definition) is 5. The topological polar surface area (TPSA) is 71.1 Å². The van der Waals surface area contributed by atoms with Crippen molar-refractivity contribution >= 4 is 17.5 Å². The molecule has 1 aliphatic carbocycles. The number of hydrogen-bond donors (Lipinski definition) is 1. The van der Waals surface area contributed by atoms with Crippen molar-refractivity contribution in [3.63, 3.8) is 0 Å². The molecule has 1 heterocycles. The fourth-order valence-corrected chi connectivity index (χ4v) is 4.88. The van der Waals surface area contributed by atoms with Crippen molar-refractivity contribution < 1.29 is 23.5 Å². The SMILES string of the molecule is CO[C@H]1CN(C)C(=O)c2ccc(NC(=O)C3CCC3)cc2OC[C@H](C)N(Cc2ccc(F)cc2)C[C@@H]1C. The van der Waals surface area contributed by atoms with E-state index in [1.165, 1.54) is 12.1 Å². The Hall–Kier alpha value is -2.97. The molecule has 1 fully saturated rings. The number of halogens is 1. The number of ether oxygens (including phenoxy) is 2. The van der Waals surface area contributed by atoms with Crippen LogP contribution in [0, 0.1) is 17.7 Å². The lowest BCUT2D eigenvalue weighted by Crippen LogP contribution is -2.46. The number of nitrogens with zero attached hydrogens (tertiary/aromatic N) is 2. The van der Waals surface area contributed by atoms with Gasteiger partial charge in [-0.15, -0.1) is 0 Å². The van der Waals surface area contributed by atoms with Crippen molar-refractivity contribution in [3.05, 3.63) is 59.4 Å². The van der Waals surface area contributed by atoms with Crippen LogP contribution in [0.4, 0.5) is 10.1 Å². The first-order chi connectivity index (χ1) is 17.7. The van der Waals surface area contributed by atoms with E-state index in [2.05, 4.69) is 24.1 Å². The summed E-state index contributed by atoms with van der Waals surface area (Å²) in [4.78, 5) is 29.9. The average molecular weight is 512 g/mol. The number of rotatable bonds is 5. The van der Waals surface area contributed by atoms with Gasteiger partial charge in [0.15, 0.2) is 0 Å². The van der Waals surface area contributed by atoms with Gasteiger partial charge in [0.05, 0.1) is 11.7 Å². The highest BCUT2D eigenvalue weighted by Crippen LogP contribution is 2.30. The van der Waals surface area contributed by atoms with Gasteiger partial charge in [-0.25, -0.2) is 4.39 Å². The van der Waals surface area contributed by atoms with Crippen molar-refractivity contribution in [3.8, 4) is 5.75 Å². The van der Waals surface area contributed by atoms with Crippen LogP contribution >= 0.6 is 0 Å². The highest BCUT2D eigenvalue weighted by molar-refractivity contribution is 5.99. The number of methoxy groups -OCH3 is 1. The van der Waals surface area contributed by atoms with Crippen LogP contribution in [-0.2, 0) is 16.1 Å². The largest absolute Gasteiger partial charge is 0.491 e. The van der Waals surface area contributed by atoms with Crippen molar-refractivity contribution in [2.24, 2.45) is 11.8 Å². The minimum Gasteiger partial charge on any atom is -0.491 e. The van der Waals surface area contributed by atoms with E-state index in [9.17, 15) is 14.0 Å². The van der Waals surface area contributed by atoms with Gasteiger partial charge in [0.1, 0.15) is 18.2 Å². The summed E-state index contributed by atoms with van der Waals surface area (Å²) < 4.78 is 25.6. The second-order valence-electron chi connectivity index (χ2n) is 10.5. The summed E-state index contributed by atoms with van der Waals surface area (Å²) in [5.74, 6) is 0.232. The maximum Gasteiger partial charge on any atom is 0.257 e. The van der Waals surface area contributed by atoms with Crippen molar-refractivity contribution in [2.75, 3.05) is 39.2 Å². The van der Waals surface area contributed by atoms with Crippen LogP contribution in [0.3, 0.4) is 0 Å². The lowest BCUT2D eigenvalue weighted by atomic mass is 9.85. The Morgan fingerprint density at radius 1 is 1.14 bits per heavy atom. The summed E-state index contributed by atoms with van der Waals surface area (Å²) in [6.45, 7) is 6.32. The van der Waals surface area contributed by atoms with Gasteiger partial charge >= 0.3 is 0 Å². The fourth-order valence-electron chi connectivity index (χ4n) is 4.88. The molecule has 0 radical (unpaired) electrons. The second kappa shape index (κ2) is 12.0. The van der Waals surface area contributed by atoms with E-state index < -0.39 is 0 Å². The third kappa shape index (κ3) is 6.67. The maximum atomic E-state index is 13.5. The molecule has 0 unspecified atom stereocenters. The van der Waals surface area contributed by atoms with E-state index >= 15 is 0 Å². The van der Waals surface area contributed by atoms with Crippen molar-refractivity contribution in [1.82, 2.24) is 9.80 Å². The number of fused-ring (bicyclic) bond motifs is 1. The molecule has 2 aliphatic rings. The Morgan fingerprint density at radius 2 is 1.86 bits per heavy atom. The molecule has 37 heavy (non-hydrogen) atoms. The van der Waals surface area contributed by atoms with Crippen LogP contribution in [0.1, 0.15) is 49.0 Å². The Morgan fingerprint density at radius 3 is 2.51 bits per heavy atom. The van der Waals surface area contributed by atoms with E-state index in [1.807, 2.05) is 0 Å². The van der Waals surface area contributed by atoms with E-state index in [0.29, 0.717) is 43.2 Å². The van der Waals surface area contributed by atoms with Gasteiger partial charge in [-0.1, -0.05) is 25.5 Å². The molecule has 0 bridgehead atoms. The summed E-state index contributed by atoms with van der Waals surface area (Å²) in [5, 5.41) is 2.98. The second-order valence-corrected chi connectivity index (χ2v) is 10.5. The monoisotopic (exact) mass is 511 g/mol. The summed E-state index contributed by atoms with van der Waals surface area (Å²) in [7, 11) is 3.44. The molecule has 8 heteroatoms. The molecule has 200 valence electrons. The molecule has 1 aliphatic heterocycles. The number of carbonyl (C=O) groups excluding carboxylic acids is 2. The zero-order valence-electron chi connectivity index (χ0n) is 22.2. The molecule has 0 saturated heterocycles. The number of likely N-dealkylation sites (N-methyl/N-ethyl adjacent to an activating group) is 1. The molecule has 2 amide bonds. The van der Waals surface area contributed by atoms with E-state index in [4.69, 9.17) is 9.47 Å². The Kier molecular flexibility index (Phi) is 8.82. The fraction of sp³-hybridized carbons (Fsp3) is 0.517. The normalized spacial score (nSPS) is 23.8. The molecule has 4 rings (SSSR count). The number of anilines is 1. The van der Waals surface area contributed by atoms with E-state index in [1.54, 1.807) is 49.4 Å². The minimum absolute atomic E-state index is 0.00154. The Bertz CT molecular complexity index is 1090. The summed E-state index contributed by atoms with van der Waals surface area (Å²) in [6.07, 6.45) is 2.75. The Labute approximate surface area is 218 Å². The third-order valence-corrected chi connectivity index (χ3v) is 7.62. The average Bonchev–Trinajstić information content (AvgIpc) is 2.84. The molecule has 2 aromatic rings. The van der Waals surface area contributed by atoms with Crippen LogP contribution in [0.15, 0.2) is 42.5 Å². The summed E-state index contributed by atoms with van der Waals surface area (Å²) in [6, 6.07) is 11.8. The van der Waals surface area contributed by atoms with Crippen LogP contribution < -0.4 is 10.1 Å². The zero-order chi connectivity index (χ0) is 26.5. The highest BCUT2D eigenvalue weighted by atomic mass is 19.1. The first-order valence-corrected chi connectivity index (χ1v) is 13.1. The number of benzene rings is 2. The lowest BCUT2D eigenvalue weighted by Gasteiger charge is -2.36. The van der Waals surface area contributed by atoms with Crippen LogP contribution in [0.2, 0.25) is 0 Å². The molecule has 1 saturated carbocycles. The van der Waals surface area contributed by atoms with Crippen LogP contribution in [0.25, 0.3) is 0 Å². The summed E-state index contributed by atoms with van der Waals surface area (Å²) >= 11 is 0. The van der Waals surface area contributed by atoms with Crippen molar-refractivity contribution in [1.29, 1.82) is 0 Å². The van der Waals surface area contributed by atoms with Gasteiger partial charge in [0.25, 0.3) is 5.91 Å². The predicted octanol–water partition coefficient (Wildman–Crippen LogP) is 4.57. The van der Waals surface area contributed by atoms with Gasteiger partial charge in [0.2, 0.25) is 5.91 Å². The molecule has 1 N–H and O–H groups in total. The maximum absolute atomic E-state index is 13.5. The van der Waals surface area contributed by atoms with Crippen molar-refractivity contribution in [2.45, 2.75) is 51.8 Å². The Balaban J connectivity index is 1.61. The molecular formula is C29H38FN3O4. The number of nitrogens with one attached hydrogen (secondary N) is 1. The van der Waals surface area contributed by atoms with Gasteiger partial charge in [-0.3, -0.25) is 14.5 Å². The molecule has 2 aromatic carbocycles. The summed E-state index contributed by atoms with van der Waals surface area (Å²) in [5.41, 5.74) is 2.08. The molecule has 0 aromatic heterocycles. The highest BCUT2D eigenvalue weighted by Gasteiger charge is 2.29. The van der Waals surface area contributed by atoms with Gasteiger partial charge in [-0.2, -0.15) is 0 Å². The van der Waals surface area contributed by atoms with Crippen LogP contribution in [0.5, 0.6) is 5.75 Å². The van der Waals surface area contributed by atoms with Crippen LogP contribution in [-0.4, -0.2) is 67.6 Å². The first kappa shape index (κ1) is 27.1. The van der Waals surface area contributed by atoms with E-state index in [-0.39, 0.29) is 41.6 Å². The molecule has 7 nitrogen and oxygen atoms in total. The number of carbonyl (C=O) groups is 2. The van der Waals surface area contributed by atoms with Gasteiger partial charge in [0, 0.05) is 57.5 Å². The smallest absolute Gasteiger partial charge is 0.257 e. The van der Waals surface area contributed by atoms with Gasteiger partial charge in [-0.05, 0) is 55.5 Å². The number of amides is 2. The standard InChI is InChI=1S/C29H38FN3O4/c1-19-15-33(16-21-8-10-23(30)11-9-21)20(2)18-37-26-14-24(31-28(34)22-6-5-7-22)12-13-25(26)29(35)32(3)17-27(19)36-4/h8-14,19-20,22,27H,5-7,15-18H2,1-4H3,(H,31,34)/t19-,20-,27-/m0/s1. The first-order valence-electron chi connectivity index (χ1n) is 13.1. The molecule has 3 atom stereocenters.